The molecule has 0 spiro atoms. The normalized spacial score (nSPS) is 26.1. The van der Waals surface area contributed by atoms with Crippen LogP contribution in [0.5, 0.6) is 0 Å². The summed E-state index contributed by atoms with van der Waals surface area (Å²) in [6.07, 6.45) is 13.2. The molecule has 0 aromatic rings. The molecule has 88 valence electrons. The van der Waals surface area contributed by atoms with Crippen LogP contribution in [0.3, 0.4) is 0 Å². The monoisotopic (exact) mass is 237 g/mol. The molecular weight excluding hydrogens is 218 g/mol. The van der Waals surface area contributed by atoms with Crippen molar-refractivity contribution in [3.05, 3.63) is 47.9 Å². The second-order valence-corrected chi connectivity index (χ2v) is 4.66. The highest BCUT2D eigenvalue weighted by Crippen LogP contribution is 2.35. The van der Waals surface area contributed by atoms with Crippen LogP contribution in [-0.4, -0.2) is 9.90 Å². The van der Waals surface area contributed by atoms with Gasteiger partial charge in [-0.2, -0.15) is 0 Å². The molecular formula is C14H20ClN. The van der Waals surface area contributed by atoms with E-state index in [0.29, 0.717) is 0 Å². The van der Waals surface area contributed by atoms with Gasteiger partial charge in [0.1, 0.15) is 5.00 Å². The molecule has 1 aliphatic rings. The number of halogens is 1. The fourth-order valence-electron chi connectivity index (χ4n) is 1.87. The molecule has 0 aliphatic heterocycles. The zero-order valence-electron chi connectivity index (χ0n) is 10.5. The van der Waals surface area contributed by atoms with Crippen LogP contribution in [0.15, 0.2) is 47.9 Å². The lowest BCUT2D eigenvalue weighted by Gasteiger charge is -2.40. The Bertz CT molecular complexity index is 345. The Balaban J connectivity index is 3.11. The first-order valence-corrected chi connectivity index (χ1v) is 6.02. The molecule has 0 amide bonds. The minimum absolute atomic E-state index is 0.456. The maximum atomic E-state index is 6.69. The average Bonchev–Trinajstić information content (AvgIpc) is 2.29. The van der Waals surface area contributed by atoms with Gasteiger partial charge in [0.15, 0.2) is 0 Å². The predicted molar refractivity (Wildman–Crippen MR) is 72.2 cm³/mol. The van der Waals surface area contributed by atoms with Crippen LogP contribution >= 0.6 is 11.6 Å². The average molecular weight is 238 g/mol. The minimum atomic E-state index is -0.456. The number of allylic oxidation sites excluding steroid dienone is 6. The molecule has 1 atom stereocenters. The van der Waals surface area contributed by atoms with Gasteiger partial charge in [-0.25, -0.2) is 0 Å². The van der Waals surface area contributed by atoms with Crippen molar-refractivity contribution in [1.29, 1.82) is 0 Å². The summed E-state index contributed by atoms with van der Waals surface area (Å²) in [5.74, 6) is 0. The fourth-order valence-corrected chi connectivity index (χ4v) is 2.30. The van der Waals surface area contributed by atoms with E-state index in [0.717, 1.165) is 6.42 Å². The summed E-state index contributed by atoms with van der Waals surface area (Å²) in [7, 11) is 0. The lowest BCUT2D eigenvalue weighted by molar-refractivity contribution is 0.319. The van der Waals surface area contributed by atoms with Crippen molar-refractivity contribution in [2.24, 2.45) is 0 Å². The Hall–Kier alpha value is -0.950. The first-order valence-electron chi connectivity index (χ1n) is 5.64. The van der Waals surface area contributed by atoms with Crippen LogP contribution in [-0.2, 0) is 0 Å². The lowest BCUT2D eigenvalue weighted by atomic mass is 10.0. The van der Waals surface area contributed by atoms with Gasteiger partial charge in [-0.1, -0.05) is 42.0 Å². The zero-order valence-corrected chi connectivity index (χ0v) is 11.3. The molecule has 1 aliphatic carbocycles. The number of nitrogens with zero attached hydrogens (tertiary/aromatic N) is 1. The van der Waals surface area contributed by atoms with Crippen LogP contribution in [0, 0.1) is 0 Å². The van der Waals surface area contributed by atoms with Gasteiger partial charge in [-0.15, -0.1) is 0 Å². The van der Waals surface area contributed by atoms with E-state index < -0.39 is 5.00 Å². The van der Waals surface area contributed by atoms with Crippen LogP contribution in [0.1, 0.15) is 34.1 Å². The number of hydrogen-bond acceptors (Lipinski definition) is 1. The van der Waals surface area contributed by atoms with Crippen molar-refractivity contribution in [2.75, 3.05) is 0 Å². The van der Waals surface area contributed by atoms with E-state index in [2.05, 4.69) is 43.1 Å². The first-order chi connectivity index (χ1) is 7.55. The predicted octanol–water partition coefficient (Wildman–Crippen LogP) is 4.59. The highest BCUT2D eigenvalue weighted by molar-refractivity contribution is 6.25. The second kappa shape index (κ2) is 5.40. The molecule has 0 radical (unpaired) electrons. The molecule has 0 N–H and O–H groups in total. The first kappa shape index (κ1) is 13.1. The molecule has 0 saturated heterocycles. The second-order valence-electron chi connectivity index (χ2n) is 4.01. The maximum Gasteiger partial charge on any atom is 0.141 e. The molecule has 2 heteroatoms. The summed E-state index contributed by atoms with van der Waals surface area (Å²) in [6, 6.07) is 0. The Labute approximate surface area is 104 Å². The van der Waals surface area contributed by atoms with Gasteiger partial charge in [0, 0.05) is 17.8 Å². The summed E-state index contributed by atoms with van der Waals surface area (Å²) in [5, 5.41) is 0. The Kier molecular flexibility index (Phi) is 4.43. The van der Waals surface area contributed by atoms with Crippen molar-refractivity contribution in [2.45, 2.75) is 39.1 Å². The standard InChI is InChI=1S/C14H20ClN/c1-5-12(3)16(13(4)6-2)14(15)10-8-7-9-11-14/h5-10H,11H2,1-4H3/b12-5-,13-6-. The summed E-state index contributed by atoms with van der Waals surface area (Å²) in [5.41, 5.74) is 2.34. The van der Waals surface area contributed by atoms with E-state index >= 15 is 0 Å². The molecule has 1 unspecified atom stereocenters. The third-order valence-electron chi connectivity index (χ3n) is 2.92. The SMILES string of the molecule is C/C=C(/C)N(/C(C)=C\C)C1(Cl)C=CC=CC1. The minimum Gasteiger partial charge on any atom is -0.327 e. The number of hydrogen-bond donors (Lipinski definition) is 0. The van der Waals surface area contributed by atoms with Gasteiger partial charge in [0.2, 0.25) is 0 Å². The lowest BCUT2D eigenvalue weighted by Crippen LogP contribution is -2.40. The molecule has 0 bridgehead atoms. The largest absolute Gasteiger partial charge is 0.327 e. The number of rotatable bonds is 3. The quantitative estimate of drug-likeness (QED) is 0.513. The molecule has 16 heavy (non-hydrogen) atoms. The Morgan fingerprint density at radius 2 is 1.75 bits per heavy atom. The third kappa shape index (κ3) is 2.59. The van der Waals surface area contributed by atoms with Gasteiger partial charge in [-0.3, -0.25) is 0 Å². The van der Waals surface area contributed by atoms with Gasteiger partial charge >= 0.3 is 0 Å². The van der Waals surface area contributed by atoms with Crippen LogP contribution < -0.4 is 0 Å². The van der Waals surface area contributed by atoms with Crippen LogP contribution in [0.25, 0.3) is 0 Å². The van der Waals surface area contributed by atoms with Crippen molar-refractivity contribution >= 4 is 11.6 Å². The van der Waals surface area contributed by atoms with Gasteiger partial charge < -0.3 is 4.90 Å². The van der Waals surface area contributed by atoms with Crippen molar-refractivity contribution < 1.29 is 0 Å². The summed E-state index contributed by atoms with van der Waals surface area (Å²) in [6.45, 7) is 8.24. The van der Waals surface area contributed by atoms with E-state index in [1.165, 1.54) is 11.4 Å². The van der Waals surface area contributed by atoms with Gasteiger partial charge in [-0.05, 0) is 33.8 Å². The Morgan fingerprint density at radius 1 is 1.19 bits per heavy atom. The fraction of sp³-hybridized carbons (Fsp3) is 0.429. The summed E-state index contributed by atoms with van der Waals surface area (Å²) >= 11 is 6.69. The summed E-state index contributed by atoms with van der Waals surface area (Å²) in [4.78, 5) is 1.72. The molecule has 0 aromatic carbocycles. The molecule has 0 heterocycles. The third-order valence-corrected chi connectivity index (χ3v) is 3.36. The van der Waals surface area contributed by atoms with E-state index in [4.69, 9.17) is 11.6 Å². The van der Waals surface area contributed by atoms with E-state index in [1.807, 2.05) is 26.0 Å². The van der Waals surface area contributed by atoms with E-state index in [1.54, 1.807) is 0 Å². The summed E-state index contributed by atoms with van der Waals surface area (Å²) < 4.78 is 0. The Morgan fingerprint density at radius 3 is 2.12 bits per heavy atom. The number of alkyl halides is 1. The van der Waals surface area contributed by atoms with Crippen molar-refractivity contribution in [3.8, 4) is 0 Å². The van der Waals surface area contributed by atoms with Crippen LogP contribution in [0.4, 0.5) is 0 Å². The molecule has 1 nitrogen and oxygen atoms in total. The van der Waals surface area contributed by atoms with E-state index in [9.17, 15) is 0 Å². The maximum absolute atomic E-state index is 6.69. The molecule has 1 rings (SSSR count). The van der Waals surface area contributed by atoms with Crippen LogP contribution in [0.2, 0.25) is 0 Å². The highest BCUT2D eigenvalue weighted by atomic mass is 35.5. The van der Waals surface area contributed by atoms with Crippen molar-refractivity contribution in [3.63, 3.8) is 0 Å². The highest BCUT2D eigenvalue weighted by Gasteiger charge is 2.32. The topological polar surface area (TPSA) is 3.24 Å². The molecule has 0 saturated carbocycles. The molecule has 0 aromatic heterocycles. The van der Waals surface area contributed by atoms with Gasteiger partial charge in [0.25, 0.3) is 0 Å². The van der Waals surface area contributed by atoms with E-state index in [-0.39, 0.29) is 0 Å². The zero-order chi connectivity index (χ0) is 12.2. The van der Waals surface area contributed by atoms with Crippen molar-refractivity contribution in [1.82, 2.24) is 4.90 Å². The smallest absolute Gasteiger partial charge is 0.141 e. The van der Waals surface area contributed by atoms with Gasteiger partial charge in [0.05, 0.1) is 0 Å². The molecule has 0 fully saturated rings.